The monoisotopic (exact) mass is 318 g/mol. The van der Waals surface area contributed by atoms with Crippen LogP contribution in [0.1, 0.15) is 15.9 Å². The minimum Gasteiger partial charge on any atom is -0.479 e. The van der Waals surface area contributed by atoms with Gasteiger partial charge < -0.3 is 9.47 Å². The van der Waals surface area contributed by atoms with Crippen LogP contribution < -0.4 is 9.47 Å². The highest BCUT2D eigenvalue weighted by Crippen LogP contribution is 2.15. The topological polar surface area (TPSA) is 83.1 Å². The summed E-state index contributed by atoms with van der Waals surface area (Å²) in [7, 11) is 0. The van der Waals surface area contributed by atoms with Crippen LogP contribution >= 0.6 is 0 Å². The fourth-order valence-electron chi connectivity index (χ4n) is 1.89. The fourth-order valence-corrected chi connectivity index (χ4v) is 1.89. The van der Waals surface area contributed by atoms with Gasteiger partial charge in [0.25, 0.3) is 0 Å². The van der Waals surface area contributed by atoms with Gasteiger partial charge in [0.1, 0.15) is 23.6 Å². The van der Waals surface area contributed by atoms with Crippen LogP contribution in [-0.4, -0.2) is 19.0 Å². The minimum atomic E-state index is -0.133. The summed E-state index contributed by atoms with van der Waals surface area (Å²) in [6.45, 7) is -0.0248. The van der Waals surface area contributed by atoms with Crippen molar-refractivity contribution in [3.8, 4) is 23.6 Å². The predicted molar refractivity (Wildman–Crippen MR) is 88.5 cm³/mol. The molecule has 0 N–H and O–H groups in total. The van der Waals surface area contributed by atoms with Gasteiger partial charge in [-0.15, -0.1) is 0 Å². The van der Waals surface area contributed by atoms with Gasteiger partial charge in [-0.25, -0.2) is 0 Å². The quantitative estimate of drug-likeness (QED) is 0.577. The van der Waals surface area contributed by atoms with Crippen LogP contribution in [0.5, 0.6) is 11.5 Å². The van der Waals surface area contributed by atoms with Crippen molar-refractivity contribution < 1.29 is 14.3 Å². The van der Waals surface area contributed by atoms with Gasteiger partial charge in [0, 0.05) is 5.56 Å². The highest BCUT2D eigenvalue weighted by Gasteiger charge is 2.02. The van der Waals surface area contributed by atoms with E-state index in [2.05, 4.69) is 0 Å². The van der Waals surface area contributed by atoms with Gasteiger partial charge in [-0.2, -0.15) is 10.5 Å². The average Bonchev–Trinajstić information content (AvgIpc) is 2.64. The van der Waals surface area contributed by atoms with Crippen LogP contribution in [0.15, 0.2) is 54.6 Å². The van der Waals surface area contributed by atoms with E-state index in [0.29, 0.717) is 17.1 Å². The van der Waals surface area contributed by atoms with E-state index < -0.39 is 0 Å². The lowest BCUT2D eigenvalue weighted by molar-refractivity contribution is 0.104. The molecule has 2 aromatic carbocycles. The summed E-state index contributed by atoms with van der Waals surface area (Å²) in [6, 6.07) is 17.5. The van der Waals surface area contributed by atoms with Crippen molar-refractivity contribution in [2.75, 3.05) is 13.2 Å². The van der Waals surface area contributed by atoms with Crippen LogP contribution in [-0.2, 0) is 0 Å². The molecule has 2 aromatic rings. The Balaban J connectivity index is 1.97. The number of allylic oxidation sites excluding steroid dienone is 1. The molecule has 5 heteroatoms. The third-order valence-electron chi connectivity index (χ3n) is 3.05. The van der Waals surface area contributed by atoms with Crippen molar-refractivity contribution in [3.63, 3.8) is 0 Å². The lowest BCUT2D eigenvalue weighted by Crippen LogP contribution is -1.96. The zero-order chi connectivity index (χ0) is 17.2. The smallest absolute Gasteiger partial charge is 0.185 e. The van der Waals surface area contributed by atoms with Crippen LogP contribution in [0.3, 0.4) is 0 Å². The van der Waals surface area contributed by atoms with Crippen molar-refractivity contribution >= 4 is 11.9 Å². The molecular weight excluding hydrogens is 304 g/mol. The van der Waals surface area contributed by atoms with Crippen LogP contribution in [0.25, 0.3) is 6.08 Å². The number of ketones is 1. The summed E-state index contributed by atoms with van der Waals surface area (Å²) in [5, 5.41) is 16.9. The number of rotatable bonds is 7. The lowest BCUT2D eigenvalue weighted by Gasteiger charge is -2.02. The molecule has 0 unspecified atom stereocenters. The lowest BCUT2D eigenvalue weighted by atomic mass is 10.1. The molecule has 0 heterocycles. The first kappa shape index (κ1) is 16.8. The van der Waals surface area contributed by atoms with Gasteiger partial charge in [-0.3, -0.25) is 4.79 Å². The van der Waals surface area contributed by atoms with Crippen molar-refractivity contribution in [2.24, 2.45) is 0 Å². The maximum Gasteiger partial charge on any atom is 0.185 e. The Morgan fingerprint density at radius 2 is 1.38 bits per heavy atom. The normalized spacial score (nSPS) is 9.92. The summed E-state index contributed by atoms with van der Waals surface area (Å²) in [5.74, 6) is 1.02. The molecular formula is C19H14N2O3. The maximum absolute atomic E-state index is 12.1. The molecule has 5 nitrogen and oxygen atoms in total. The highest BCUT2D eigenvalue weighted by molar-refractivity contribution is 6.06. The van der Waals surface area contributed by atoms with Gasteiger partial charge in [0.15, 0.2) is 19.0 Å². The third kappa shape index (κ3) is 5.01. The third-order valence-corrected chi connectivity index (χ3v) is 3.05. The molecule has 0 radical (unpaired) electrons. The number of nitrogens with zero attached hydrogens (tertiary/aromatic N) is 2. The molecule has 0 saturated carbocycles. The van der Waals surface area contributed by atoms with Gasteiger partial charge in [0.05, 0.1) is 0 Å². The molecule has 0 fully saturated rings. The number of hydrogen-bond donors (Lipinski definition) is 0. The Kier molecular flexibility index (Phi) is 6.14. The van der Waals surface area contributed by atoms with E-state index in [1.54, 1.807) is 54.6 Å². The minimum absolute atomic E-state index is 0.00173. The maximum atomic E-state index is 12.1. The predicted octanol–water partition coefficient (Wildman–Crippen LogP) is 3.39. The second kappa shape index (κ2) is 8.77. The molecule has 0 saturated heterocycles. The summed E-state index contributed by atoms with van der Waals surface area (Å²) >= 11 is 0. The first-order valence-corrected chi connectivity index (χ1v) is 7.15. The van der Waals surface area contributed by atoms with Crippen molar-refractivity contribution in [3.05, 3.63) is 65.7 Å². The molecule has 24 heavy (non-hydrogen) atoms. The number of hydrogen-bond acceptors (Lipinski definition) is 5. The van der Waals surface area contributed by atoms with Crippen LogP contribution in [0.2, 0.25) is 0 Å². The van der Waals surface area contributed by atoms with Crippen LogP contribution in [0.4, 0.5) is 0 Å². The van der Waals surface area contributed by atoms with E-state index >= 15 is 0 Å². The molecule has 0 spiro atoms. The first-order valence-electron chi connectivity index (χ1n) is 7.15. The Bertz CT molecular complexity index is 794. The number of carbonyl (C=O) groups is 1. The number of nitriles is 2. The van der Waals surface area contributed by atoms with Gasteiger partial charge in [0.2, 0.25) is 0 Å². The second-order valence-electron chi connectivity index (χ2n) is 4.68. The van der Waals surface area contributed by atoms with E-state index in [4.69, 9.17) is 20.0 Å². The van der Waals surface area contributed by atoms with Gasteiger partial charge in [-0.1, -0.05) is 18.2 Å². The SMILES string of the molecule is N#CCOc1ccc(/C=C/C(=O)c2ccc(OCC#N)cc2)cc1. The summed E-state index contributed by atoms with van der Waals surface area (Å²) in [6.07, 6.45) is 3.19. The molecule has 0 aromatic heterocycles. The number of carbonyl (C=O) groups excluding carboxylic acids is 1. The zero-order valence-electron chi connectivity index (χ0n) is 12.8. The molecule has 0 aliphatic carbocycles. The Hall–Kier alpha value is -3.57. The Morgan fingerprint density at radius 1 is 0.875 bits per heavy atom. The Labute approximate surface area is 140 Å². The second-order valence-corrected chi connectivity index (χ2v) is 4.68. The van der Waals surface area contributed by atoms with Crippen molar-refractivity contribution in [1.29, 1.82) is 10.5 Å². The standard InChI is InChI=1S/C19H14N2O3/c20-11-13-23-17-6-1-15(2-7-17)3-10-19(22)16-4-8-18(9-5-16)24-14-12-21/h1-10H,13-14H2/b10-3+. The average molecular weight is 318 g/mol. The van der Waals surface area contributed by atoms with Crippen molar-refractivity contribution in [2.45, 2.75) is 0 Å². The van der Waals surface area contributed by atoms with E-state index in [1.165, 1.54) is 6.08 Å². The fraction of sp³-hybridized carbons (Fsp3) is 0.105. The van der Waals surface area contributed by atoms with E-state index in [0.717, 1.165) is 5.56 Å². The van der Waals surface area contributed by atoms with Crippen LogP contribution in [0, 0.1) is 22.7 Å². The summed E-state index contributed by atoms with van der Waals surface area (Å²) in [4.78, 5) is 12.1. The van der Waals surface area contributed by atoms with E-state index in [1.807, 2.05) is 12.1 Å². The largest absolute Gasteiger partial charge is 0.479 e. The molecule has 0 amide bonds. The van der Waals surface area contributed by atoms with Crippen molar-refractivity contribution in [1.82, 2.24) is 0 Å². The molecule has 118 valence electrons. The summed E-state index contributed by atoms with van der Waals surface area (Å²) < 4.78 is 10.3. The first-order chi connectivity index (χ1) is 11.7. The van der Waals surface area contributed by atoms with E-state index in [9.17, 15) is 4.79 Å². The zero-order valence-corrected chi connectivity index (χ0v) is 12.8. The van der Waals surface area contributed by atoms with Gasteiger partial charge >= 0.3 is 0 Å². The van der Waals surface area contributed by atoms with Gasteiger partial charge in [-0.05, 0) is 48.0 Å². The summed E-state index contributed by atoms with van der Waals surface area (Å²) in [5.41, 5.74) is 1.38. The molecule has 2 rings (SSSR count). The van der Waals surface area contributed by atoms with E-state index in [-0.39, 0.29) is 19.0 Å². The highest BCUT2D eigenvalue weighted by atomic mass is 16.5. The molecule has 0 bridgehead atoms. The molecule has 0 aliphatic heterocycles. The number of ether oxygens (including phenoxy) is 2. The number of benzene rings is 2. The molecule has 0 aliphatic rings. The Morgan fingerprint density at radius 3 is 1.88 bits per heavy atom. The molecule has 0 atom stereocenters.